The highest BCUT2D eigenvalue weighted by Crippen LogP contribution is 2.20. The summed E-state index contributed by atoms with van der Waals surface area (Å²) in [5.41, 5.74) is 8.13. The maximum atomic E-state index is 12.5. The number of rotatable bonds is 4. The number of benzene rings is 1. The molecule has 19 heavy (non-hydrogen) atoms. The molecule has 4 nitrogen and oxygen atoms in total. The summed E-state index contributed by atoms with van der Waals surface area (Å²) in [6, 6.07) is 5.59. The molecule has 1 heterocycles. The van der Waals surface area contributed by atoms with Crippen LogP contribution in [0.1, 0.15) is 35.7 Å². The van der Waals surface area contributed by atoms with E-state index in [0.717, 1.165) is 25.0 Å². The third kappa shape index (κ3) is 3.07. The van der Waals surface area contributed by atoms with Crippen LogP contribution in [-0.4, -0.2) is 36.6 Å². The van der Waals surface area contributed by atoms with Gasteiger partial charge in [-0.3, -0.25) is 4.79 Å². The third-order valence-corrected chi connectivity index (χ3v) is 3.67. The number of amides is 1. The Bertz CT molecular complexity index is 453. The zero-order valence-corrected chi connectivity index (χ0v) is 11.7. The number of carbonyl (C=O) groups excluding carboxylic acids is 1. The second kappa shape index (κ2) is 6.06. The summed E-state index contributed by atoms with van der Waals surface area (Å²) in [4.78, 5) is 14.3. The summed E-state index contributed by atoms with van der Waals surface area (Å²) < 4.78 is 5.60. The molecule has 1 atom stereocenters. The minimum atomic E-state index is -0.000741. The molecule has 1 saturated heterocycles. The van der Waals surface area contributed by atoms with Crippen molar-refractivity contribution < 1.29 is 9.53 Å². The van der Waals surface area contributed by atoms with Gasteiger partial charge >= 0.3 is 0 Å². The van der Waals surface area contributed by atoms with Gasteiger partial charge in [0.05, 0.1) is 11.7 Å². The molecule has 0 saturated carbocycles. The molecule has 4 heteroatoms. The number of aryl methyl sites for hydroxylation is 1. The van der Waals surface area contributed by atoms with E-state index < -0.39 is 0 Å². The SMILES string of the molecule is CCN(CC1CCCO1)C(=O)c1cccc(C)c1N. The quantitative estimate of drug-likeness (QED) is 0.846. The van der Waals surface area contributed by atoms with E-state index in [1.165, 1.54) is 0 Å². The van der Waals surface area contributed by atoms with Gasteiger partial charge in [0.15, 0.2) is 0 Å². The van der Waals surface area contributed by atoms with Crippen molar-refractivity contribution in [3.05, 3.63) is 29.3 Å². The maximum Gasteiger partial charge on any atom is 0.256 e. The first-order valence-corrected chi connectivity index (χ1v) is 6.89. The van der Waals surface area contributed by atoms with Crippen LogP contribution >= 0.6 is 0 Å². The van der Waals surface area contributed by atoms with E-state index >= 15 is 0 Å². The summed E-state index contributed by atoms with van der Waals surface area (Å²) in [7, 11) is 0. The molecule has 0 spiro atoms. The van der Waals surface area contributed by atoms with Gasteiger partial charge in [-0.15, -0.1) is 0 Å². The van der Waals surface area contributed by atoms with E-state index in [9.17, 15) is 4.79 Å². The van der Waals surface area contributed by atoms with Gasteiger partial charge in [0.2, 0.25) is 0 Å². The molecule has 1 aliphatic rings. The van der Waals surface area contributed by atoms with Crippen LogP contribution in [0.15, 0.2) is 18.2 Å². The molecule has 1 aliphatic heterocycles. The van der Waals surface area contributed by atoms with E-state index in [2.05, 4.69) is 0 Å². The van der Waals surface area contributed by atoms with Gasteiger partial charge in [0, 0.05) is 25.4 Å². The molecule has 0 aliphatic carbocycles. The van der Waals surface area contributed by atoms with Gasteiger partial charge in [0.25, 0.3) is 5.91 Å². The fourth-order valence-corrected chi connectivity index (χ4v) is 2.43. The van der Waals surface area contributed by atoms with Crippen molar-refractivity contribution in [2.45, 2.75) is 32.8 Å². The molecule has 1 aromatic rings. The standard InChI is InChI=1S/C15H22N2O2/c1-3-17(10-12-7-5-9-19-12)15(18)13-8-4-6-11(2)14(13)16/h4,6,8,12H,3,5,7,9-10,16H2,1-2H3. The monoisotopic (exact) mass is 262 g/mol. The summed E-state index contributed by atoms with van der Waals surface area (Å²) in [5.74, 6) is -0.000741. The zero-order valence-electron chi connectivity index (χ0n) is 11.7. The van der Waals surface area contributed by atoms with E-state index in [1.807, 2.05) is 30.9 Å². The minimum Gasteiger partial charge on any atom is -0.398 e. The Morgan fingerprint density at radius 2 is 2.32 bits per heavy atom. The van der Waals surface area contributed by atoms with Crippen LogP contribution in [0, 0.1) is 6.92 Å². The predicted octanol–water partition coefficient (Wildman–Crippen LogP) is 2.22. The van der Waals surface area contributed by atoms with Crippen molar-refractivity contribution in [1.29, 1.82) is 0 Å². The average molecular weight is 262 g/mol. The highest BCUT2D eigenvalue weighted by atomic mass is 16.5. The highest BCUT2D eigenvalue weighted by Gasteiger charge is 2.23. The van der Waals surface area contributed by atoms with E-state index in [0.29, 0.717) is 24.3 Å². The zero-order chi connectivity index (χ0) is 13.8. The van der Waals surface area contributed by atoms with Crippen LogP contribution in [0.3, 0.4) is 0 Å². The van der Waals surface area contributed by atoms with E-state index in [1.54, 1.807) is 6.07 Å². The Balaban J connectivity index is 2.13. The van der Waals surface area contributed by atoms with Gasteiger partial charge in [-0.05, 0) is 38.3 Å². The molecule has 0 aromatic heterocycles. The molecular weight excluding hydrogens is 240 g/mol. The fourth-order valence-electron chi connectivity index (χ4n) is 2.43. The van der Waals surface area contributed by atoms with Crippen molar-refractivity contribution in [2.75, 3.05) is 25.4 Å². The second-order valence-corrected chi connectivity index (χ2v) is 5.01. The first-order chi connectivity index (χ1) is 9.13. The number of carbonyl (C=O) groups is 1. The van der Waals surface area contributed by atoms with Crippen LogP contribution in [0.4, 0.5) is 5.69 Å². The number of hydrogen-bond acceptors (Lipinski definition) is 3. The van der Waals surface area contributed by atoms with Crippen LogP contribution in [-0.2, 0) is 4.74 Å². The summed E-state index contributed by atoms with van der Waals surface area (Å²) >= 11 is 0. The summed E-state index contributed by atoms with van der Waals surface area (Å²) in [6.07, 6.45) is 2.30. The van der Waals surface area contributed by atoms with Gasteiger partial charge < -0.3 is 15.4 Å². The summed E-state index contributed by atoms with van der Waals surface area (Å²) in [6.45, 7) is 6.04. The van der Waals surface area contributed by atoms with Crippen molar-refractivity contribution >= 4 is 11.6 Å². The van der Waals surface area contributed by atoms with Gasteiger partial charge in [-0.2, -0.15) is 0 Å². The third-order valence-electron chi connectivity index (χ3n) is 3.67. The van der Waals surface area contributed by atoms with E-state index in [-0.39, 0.29) is 12.0 Å². The lowest BCUT2D eigenvalue weighted by molar-refractivity contribution is 0.0540. The molecule has 2 rings (SSSR count). The van der Waals surface area contributed by atoms with Gasteiger partial charge in [-0.25, -0.2) is 0 Å². The fraction of sp³-hybridized carbons (Fsp3) is 0.533. The van der Waals surface area contributed by atoms with Crippen LogP contribution in [0.25, 0.3) is 0 Å². The molecule has 0 radical (unpaired) electrons. The van der Waals surface area contributed by atoms with E-state index in [4.69, 9.17) is 10.5 Å². The number of likely N-dealkylation sites (N-methyl/N-ethyl adjacent to an activating group) is 1. The van der Waals surface area contributed by atoms with Crippen LogP contribution in [0.5, 0.6) is 0 Å². The van der Waals surface area contributed by atoms with Crippen molar-refractivity contribution in [3.8, 4) is 0 Å². The molecule has 1 unspecified atom stereocenters. The van der Waals surface area contributed by atoms with Crippen molar-refractivity contribution in [1.82, 2.24) is 4.90 Å². The van der Waals surface area contributed by atoms with Crippen molar-refractivity contribution in [3.63, 3.8) is 0 Å². The Morgan fingerprint density at radius 3 is 2.95 bits per heavy atom. The molecule has 0 bridgehead atoms. The van der Waals surface area contributed by atoms with Crippen LogP contribution < -0.4 is 5.73 Å². The minimum absolute atomic E-state index is 0.000741. The molecule has 1 amide bonds. The number of ether oxygens (including phenoxy) is 1. The number of nitrogens with two attached hydrogens (primary N) is 1. The molecular formula is C15H22N2O2. The normalized spacial score (nSPS) is 18.5. The lowest BCUT2D eigenvalue weighted by Gasteiger charge is -2.24. The summed E-state index contributed by atoms with van der Waals surface area (Å²) in [5, 5.41) is 0. The Kier molecular flexibility index (Phi) is 4.43. The Morgan fingerprint density at radius 1 is 1.53 bits per heavy atom. The number of anilines is 1. The van der Waals surface area contributed by atoms with Crippen LogP contribution in [0.2, 0.25) is 0 Å². The topological polar surface area (TPSA) is 55.6 Å². The second-order valence-electron chi connectivity index (χ2n) is 5.01. The largest absolute Gasteiger partial charge is 0.398 e. The highest BCUT2D eigenvalue weighted by molar-refractivity contribution is 5.99. The number of hydrogen-bond donors (Lipinski definition) is 1. The smallest absolute Gasteiger partial charge is 0.256 e. The Hall–Kier alpha value is -1.55. The Labute approximate surface area is 114 Å². The molecule has 104 valence electrons. The number of nitrogen functional groups attached to an aromatic ring is 1. The van der Waals surface area contributed by atoms with Crippen molar-refractivity contribution in [2.24, 2.45) is 0 Å². The maximum absolute atomic E-state index is 12.5. The number of para-hydroxylation sites is 1. The first kappa shape index (κ1) is 13.9. The average Bonchev–Trinajstić information content (AvgIpc) is 2.91. The van der Waals surface area contributed by atoms with Gasteiger partial charge in [0.1, 0.15) is 0 Å². The first-order valence-electron chi connectivity index (χ1n) is 6.89. The lowest BCUT2D eigenvalue weighted by Crippen LogP contribution is -2.37. The number of nitrogens with zero attached hydrogens (tertiary/aromatic N) is 1. The lowest BCUT2D eigenvalue weighted by atomic mass is 10.1. The molecule has 2 N–H and O–H groups in total. The molecule has 1 aromatic carbocycles. The predicted molar refractivity (Wildman–Crippen MR) is 76.1 cm³/mol. The van der Waals surface area contributed by atoms with Gasteiger partial charge in [-0.1, -0.05) is 12.1 Å². The molecule has 1 fully saturated rings.